The van der Waals surface area contributed by atoms with E-state index < -0.39 is 30.1 Å². The topological polar surface area (TPSA) is 72.5 Å². The van der Waals surface area contributed by atoms with Gasteiger partial charge >= 0.3 is 5.97 Å². The number of halogens is 3. The number of carbonyl (C=O) groups is 3. The summed E-state index contributed by atoms with van der Waals surface area (Å²) in [6.07, 6.45) is -0.351. The molecule has 2 rings (SSSR count). The number of hydrogen-bond acceptors (Lipinski definition) is 4. The van der Waals surface area contributed by atoms with Crippen LogP contribution in [0.3, 0.4) is 0 Å². The van der Waals surface area contributed by atoms with Gasteiger partial charge in [0.25, 0.3) is 5.91 Å². The number of benzene rings is 2. The monoisotopic (exact) mass is 381 g/mol. The minimum Gasteiger partial charge on any atom is -0.456 e. The first-order valence-corrected chi connectivity index (χ1v) is 7.92. The lowest BCUT2D eigenvalue weighted by atomic mass is 10.1. The van der Waals surface area contributed by atoms with Crippen LogP contribution in [0.25, 0.3) is 0 Å². The predicted octanol–water partition coefficient (Wildman–Crippen LogP) is 3.76. The number of hydrogen-bond donors (Lipinski definition) is 1. The molecular formula is C18H14ClF2NO4. The molecule has 2 aromatic carbocycles. The second-order valence-corrected chi connectivity index (χ2v) is 5.67. The van der Waals surface area contributed by atoms with Gasteiger partial charge in [0.15, 0.2) is 12.4 Å². The molecule has 0 aliphatic heterocycles. The Hall–Kier alpha value is -2.80. The minimum absolute atomic E-state index is 0.00886. The highest BCUT2D eigenvalue weighted by molar-refractivity contribution is 6.33. The number of amides is 1. The summed E-state index contributed by atoms with van der Waals surface area (Å²) in [4.78, 5) is 35.2. The van der Waals surface area contributed by atoms with Gasteiger partial charge in [-0.25, -0.2) is 8.78 Å². The summed E-state index contributed by atoms with van der Waals surface area (Å²) in [6.45, 7) is -0.572. The van der Waals surface area contributed by atoms with E-state index in [9.17, 15) is 23.2 Å². The van der Waals surface area contributed by atoms with Gasteiger partial charge in [-0.3, -0.25) is 14.4 Å². The summed E-state index contributed by atoms with van der Waals surface area (Å²) < 4.78 is 30.5. The van der Waals surface area contributed by atoms with Crippen molar-refractivity contribution in [3.8, 4) is 0 Å². The van der Waals surface area contributed by atoms with E-state index in [1.807, 2.05) is 0 Å². The average Bonchev–Trinajstić information content (AvgIpc) is 2.61. The third kappa shape index (κ3) is 5.93. The van der Waals surface area contributed by atoms with Crippen LogP contribution in [0, 0.1) is 11.6 Å². The Bertz CT molecular complexity index is 824. The molecule has 0 atom stereocenters. The Labute approximate surface area is 152 Å². The molecule has 0 fully saturated rings. The van der Waals surface area contributed by atoms with Crippen molar-refractivity contribution in [2.75, 3.05) is 11.9 Å². The molecule has 26 heavy (non-hydrogen) atoms. The predicted molar refractivity (Wildman–Crippen MR) is 91.0 cm³/mol. The molecule has 0 bridgehead atoms. The molecule has 1 N–H and O–H groups in total. The number of Topliss-reactive ketones (excluding diaryl/α,β-unsaturated/α-hetero) is 1. The normalized spacial score (nSPS) is 10.3. The standard InChI is InChI=1S/C18H14ClF2NO4/c19-14-9-13(21)5-6-15(14)22-17(24)10-26-18(25)8-7-16(23)11-1-3-12(20)4-2-11/h1-6,9H,7-8,10H2,(H,22,24). The molecule has 0 aliphatic carbocycles. The van der Waals surface area contributed by atoms with Crippen molar-refractivity contribution >= 4 is 34.9 Å². The lowest BCUT2D eigenvalue weighted by Crippen LogP contribution is -2.21. The molecule has 136 valence electrons. The maximum atomic E-state index is 12.9. The van der Waals surface area contributed by atoms with E-state index in [0.717, 1.165) is 24.3 Å². The van der Waals surface area contributed by atoms with Gasteiger partial charge in [-0.15, -0.1) is 0 Å². The lowest BCUT2D eigenvalue weighted by molar-refractivity contribution is -0.147. The zero-order valence-electron chi connectivity index (χ0n) is 13.4. The summed E-state index contributed by atoms with van der Waals surface area (Å²) in [5.41, 5.74) is 0.462. The Kier molecular flexibility index (Phi) is 6.80. The number of nitrogens with one attached hydrogen (secondary N) is 1. The molecule has 0 unspecified atom stereocenters. The fourth-order valence-corrected chi connectivity index (χ4v) is 2.21. The Morgan fingerprint density at radius 1 is 0.962 bits per heavy atom. The SMILES string of the molecule is O=C(COC(=O)CCC(=O)c1ccc(F)cc1)Nc1ccc(F)cc1Cl. The van der Waals surface area contributed by atoms with E-state index in [-0.39, 0.29) is 34.9 Å². The molecule has 0 spiro atoms. The van der Waals surface area contributed by atoms with Gasteiger partial charge in [0.05, 0.1) is 17.1 Å². The maximum Gasteiger partial charge on any atom is 0.306 e. The Morgan fingerprint density at radius 2 is 1.62 bits per heavy atom. The fraction of sp³-hybridized carbons (Fsp3) is 0.167. The van der Waals surface area contributed by atoms with Crippen LogP contribution in [0.5, 0.6) is 0 Å². The number of rotatable bonds is 7. The van der Waals surface area contributed by atoms with Gasteiger partial charge in [-0.1, -0.05) is 11.6 Å². The van der Waals surface area contributed by atoms with Gasteiger partial charge in [0, 0.05) is 12.0 Å². The smallest absolute Gasteiger partial charge is 0.306 e. The molecule has 0 aromatic heterocycles. The zero-order valence-corrected chi connectivity index (χ0v) is 14.2. The molecular weight excluding hydrogens is 368 g/mol. The summed E-state index contributed by atoms with van der Waals surface area (Å²) >= 11 is 5.77. The van der Waals surface area contributed by atoms with Gasteiger partial charge in [-0.05, 0) is 42.5 Å². The highest BCUT2D eigenvalue weighted by atomic mass is 35.5. The van der Waals surface area contributed by atoms with Crippen molar-refractivity contribution in [1.82, 2.24) is 0 Å². The van der Waals surface area contributed by atoms with Crippen LogP contribution >= 0.6 is 11.6 Å². The number of anilines is 1. The van der Waals surface area contributed by atoms with Crippen molar-refractivity contribution in [3.63, 3.8) is 0 Å². The second kappa shape index (κ2) is 9.05. The highest BCUT2D eigenvalue weighted by Crippen LogP contribution is 2.22. The molecule has 0 saturated carbocycles. The van der Waals surface area contributed by atoms with Crippen molar-refractivity contribution in [3.05, 3.63) is 64.7 Å². The molecule has 0 saturated heterocycles. The summed E-state index contributed by atoms with van der Waals surface area (Å²) in [7, 11) is 0. The van der Waals surface area contributed by atoms with E-state index in [1.54, 1.807) is 0 Å². The van der Waals surface area contributed by atoms with E-state index in [1.165, 1.54) is 18.2 Å². The molecule has 8 heteroatoms. The summed E-state index contributed by atoms with van der Waals surface area (Å²) in [5, 5.41) is 2.38. The first-order valence-electron chi connectivity index (χ1n) is 7.54. The van der Waals surface area contributed by atoms with Crippen LogP contribution in [-0.2, 0) is 14.3 Å². The van der Waals surface area contributed by atoms with Crippen LogP contribution in [0.2, 0.25) is 5.02 Å². The first kappa shape index (κ1) is 19.5. The molecule has 5 nitrogen and oxygen atoms in total. The molecule has 2 aromatic rings. The van der Waals surface area contributed by atoms with Gasteiger partial charge in [-0.2, -0.15) is 0 Å². The quantitative estimate of drug-likeness (QED) is 0.585. The largest absolute Gasteiger partial charge is 0.456 e. The maximum absolute atomic E-state index is 12.9. The van der Waals surface area contributed by atoms with E-state index in [0.29, 0.717) is 0 Å². The molecule has 0 heterocycles. The van der Waals surface area contributed by atoms with E-state index in [2.05, 4.69) is 5.32 Å². The van der Waals surface area contributed by atoms with Crippen molar-refractivity contribution in [1.29, 1.82) is 0 Å². The number of ether oxygens (including phenoxy) is 1. The number of carbonyl (C=O) groups excluding carboxylic acids is 3. The third-order valence-corrected chi connectivity index (χ3v) is 3.60. The molecule has 0 radical (unpaired) electrons. The fourth-order valence-electron chi connectivity index (χ4n) is 1.99. The summed E-state index contributed by atoms with van der Waals surface area (Å²) in [6, 6.07) is 8.37. The van der Waals surface area contributed by atoms with Crippen molar-refractivity contribution in [2.45, 2.75) is 12.8 Å². The first-order chi connectivity index (χ1) is 12.3. The van der Waals surface area contributed by atoms with E-state index >= 15 is 0 Å². The number of ketones is 1. The van der Waals surface area contributed by atoms with Crippen LogP contribution in [0.4, 0.5) is 14.5 Å². The van der Waals surface area contributed by atoms with Crippen LogP contribution in [0.1, 0.15) is 23.2 Å². The Morgan fingerprint density at radius 3 is 2.27 bits per heavy atom. The Balaban J connectivity index is 1.74. The average molecular weight is 382 g/mol. The van der Waals surface area contributed by atoms with Crippen LogP contribution in [0.15, 0.2) is 42.5 Å². The molecule has 1 amide bonds. The zero-order chi connectivity index (χ0) is 19.1. The third-order valence-electron chi connectivity index (χ3n) is 3.29. The van der Waals surface area contributed by atoms with Crippen LogP contribution < -0.4 is 5.32 Å². The van der Waals surface area contributed by atoms with E-state index in [4.69, 9.17) is 16.3 Å². The van der Waals surface area contributed by atoms with Crippen LogP contribution in [-0.4, -0.2) is 24.3 Å². The summed E-state index contributed by atoms with van der Waals surface area (Å²) in [5.74, 6) is -2.75. The minimum atomic E-state index is -0.735. The highest BCUT2D eigenvalue weighted by Gasteiger charge is 2.13. The second-order valence-electron chi connectivity index (χ2n) is 5.26. The van der Waals surface area contributed by atoms with Gasteiger partial charge in [0.1, 0.15) is 11.6 Å². The lowest BCUT2D eigenvalue weighted by Gasteiger charge is -2.08. The number of esters is 1. The molecule has 0 aliphatic rings. The van der Waals surface area contributed by atoms with Crippen molar-refractivity contribution < 1.29 is 27.9 Å². The van der Waals surface area contributed by atoms with Gasteiger partial charge < -0.3 is 10.1 Å². The van der Waals surface area contributed by atoms with Gasteiger partial charge in [0.2, 0.25) is 0 Å². The van der Waals surface area contributed by atoms with Crippen molar-refractivity contribution in [2.24, 2.45) is 0 Å².